The molecule has 0 unspecified atom stereocenters. The topological polar surface area (TPSA) is 87.7 Å². The number of nitrogens with zero attached hydrogens (tertiary/aromatic N) is 1. The number of amides is 2. The van der Waals surface area contributed by atoms with E-state index in [2.05, 4.69) is 15.4 Å². The fourth-order valence-corrected chi connectivity index (χ4v) is 3.33. The Morgan fingerprint density at radius 2 is 1.42 bits per heavy atom. The molecule has 3 rings (SSSR count). The van der Waals surface area contributed by atoms with E-state index in [0.29, 0.717) is 28.9 Å². The summed E-state index contributed by atoms with van der Waals surface area (Å²) in [5.41, 5.74) is 2.68. The molecule has 2 amide bonds. The zero-order valence-corrected chi connectivity index (χ0v) is 19.0. The van der Waals surface area contributed by atoms with Crippen molar-refractivity contribution < 1.29 is 19.1 Å². The molecule has 0 heterocycles. The van der Waals surface area contributed by atoms with Crippen molar-refractivity contribution in [2.75, 3.05) is 23.9 Å². The average molecular weight is 462 g/mol. The zero-order chi connectivity index (χ0) is 23.8. The normalized spacial score (nSPS) is 10.1. The summed E-state index contributed by atoms with van der Waals surface area (Å²) in [5.74, 6) is -1.01. The molecule has 0 radical (unpaired) electrons. The SMILES string of the molecule is CCN(C(=O)c1ccc(NC(=S)NC(=O)c2ccc(C(=O)OC)cc2)cc1)c1ccccc1. The van der Waals surface area contributed by atoms with E-state index >= 15 is 0 Å². The fourth-order valence-electron chi connectivity index (χ4n) is 3.12. The Kier molecular flexibility index (Phi) is 7.88. The Bertz CT molecular complexity index is 1150. The Morgan fingerprint density at radius 3 is 2.00 bits per heavy atom. The lowest BCUT2D eigenvalue weighted by Gasteiger charge is -2.21. The third kappa shape index (κ3) is 6.02. The molecular formula is C25H23N3O4S. The summed E-state index contributed by atoms with van der Waals surface area (Å²) >= 11 is 5.21. The highest BCUT2D eigenvalue weighted by atomic mass is 32.1. The number of para-hydroxylation sites is 1. The summed E-state index contributed by atoms with van der Waals surface area (Å²) < 4.78 is 4.64. The maximum absolute atomic E-state index is 12.9. The van der Waals surface area contributed by atoms with E-state index in [4.69, 9.17) is 12.2 Å². The van der Waals surface area contributed by atoms with Gasteiger partial charge in [0, 0.05) is 29.0 Å². The smallest absolute Gasteiger partial charge is 0.337 e. The van der Waals surface area contributed by atoms with Gasteiger partial charge in [-0.05, 0) is 79.8 Å². The van der Waals surface area contributed by atoms with Crippen LogP contribution in [0.15, 0.2) is 78.9 Å². The van der Waals surface area contributed by atoms with Crippen LogP contribution < -0.4 is 15.5 Å². The van der Waals surface area contributed by atoms with Crippen molar-refractivity contribution in [3.63, 3.8) is 0 Å². The van der Waals surface area contributed by atoms with Gasteiger partial charge in [-0.25, -0.2) is 4.79 Å². The molecule has 0 aliphatic heterocycles. The molecule has 168 valence electrons. The molecule has 2 N–H and O–H groups in total. The van der Waals surface area contributed by atoms with E-state index in [1.807, 2.05) is 37.3 Å². The van der Waals surface area contributed by atoms with Gasteiger partial charge < -0.3 is 15.0 Å². The van der Waals surface area contributed by atoms with Crippen molar-refractivity contribution in [1.29, 1.82) is 0 Å². The molecule has 0 aliphatic rings. The second kappa shape index (κ2) is 11.0. The molecular weight excluding hydrogens is 438 g/mol. The lowest BCUT2D eigenvalue weighted by molar-refractivity contribution is 0.0600. The minimum atomic E-state index is -0.480. The Morgan fingerprint density at radius 1 is 0.848 bits per heavy atom. The standard InChI is InChI=1S/C25H23N3O4S/c1-3-28(21-7-5-4-6-8-21)23(30)18-13-15-20(16-14-18)26-25(33)27-22(29)17-9-11-19(12-10-17)24(31)32-2/h4-16H,3H2,1-2H3,(H2,26,27,29,33). The Hall–Kier alpha value is -4.04. The van der Waals surface area contributed by atoms with Crippen LogP contribution in [-0.4, -0.2) is 36.6 Å². The number of carbonyl (C=O) groups excluding carboxylic acids is 3. The van der Waals surface area contributed by atoms with E-state index in [1.165, 1.54) is 31.4 Å². The highest BCUT2D eigenvalue weighted by Crippen LogP contribution is 2.18. The van der Waals surface area contributed by atoms with Crippen LogP contribution in [0.2, 0.25) is 0 Å². The molecule has 0 saturated heterocycles. The molecule has 0 aromatic heterocycles. The van der Waals surface area contributed by atoms with E-state index in [-0.39, 0.29) is 11.0 Å². The number of thiocarbonyl (C=S) groups is 1. The summed E-state index contributed by atoms with van der Waals surface area (Å²) in [5, 5.41) is 5.61. The van der Waals surface area contributed by atoms with Crippen LogP contribution in [0.25, 0.3) is 0 Å². The van der Waals surface area contributed by atoms with Crippen molar-refractivity contribution in [1.82, 2.24) is 5.32 Å². The maximum Gasteiger partial charge on any atom is 0.337 e. The van der Waals surface area contributed by atoms with Gasteiger partial charge in [0.05, 0.1) is 12.7 Å². The van der Waals surface area contributed by atoms with Crippen LogP contribution in [-0.2, 0) is 4.74 Å². The average Bonchev–Trinajstić information content (AvgIpc) is 2.85. The van der Waals surface area contributed by atoms with Crippen LogP contribution in [0, 0.1) is 0 Å². The number of anilines is 2. The molecule has 0 fully saturated rings. The van der Waals surface area contributed by atoms with Gasteiger partial charge in [-0.3, -0.25) is 14.9 Å². The predicted molar refractivity (Wildman–Crippen MR) is 132 cm³/mol. The van der Waals surface area contributed by atoms with Crippen LogP contribution in [0.1, 0.15) is 38.0 Å². The molecule has 0 atom stereocenters. The molecule has 0 spiro atoms. The van der Waals surface area contributed by atoms with Crippen molar-refractivity contribution in [3.05, 3.63) is 95.6 Å². The van der Waals surface area contributed by atoms with Gasteiger partial charge in [0.1, 0.15) is 0 Å². The summed E-state index contributed by atoms with van der Waals surface area (Å²) in [4.78, 5) is 38.5. The number of methoxy groups -OCH3 is 1. The van der Waals surface area contributed by atoms with Crippen LogP contribution in [0.5, 0.6) is 0 Å². The van der Waals surface area contributed by atoms with E-state index < -0.39 is 11.9 Å². The third-order valence-corrected chi connectivity index (χ3v) is 5.02. The molecule has 0 bridgehead atoms. The first-order chi connectivity index (χ1) is 15.9. The number of esters is 1. The summed E-state index contributed by atoms with van der Waals surface area (Å²) in [6, 6.07) is 22.3. The minimum Gasteiger partial charge on any atom is -0.465 e. The van der Waals surface area contributed by atoms with Crippen molar-refractivity contribution in [2.24, 2.45) is 0 Å². The van der Waals surface area contributed by atoms with Gasteiger partial charge in [0.25, 0.3) is 11.8 Å². The van der Waals surface area contributed by atoms with Gasteiger partial charge in [0.2, 0.25) is 0 Å². The molecule has 0 saturated carbocycles. The molecule has 8 heteroatoms. The Balaban J connectivity index is 1.60. The van der Waals surface area contributed by atoms with Gasteiger partial charge in [-0.2, -0.15) is 0 Å². The largest absolute Gasteiger partial charge is 0.465 e. The van der Waals surface area contributed by atoms with Crippen molar-refractivity contribution >= 4 is 46.5 Å². The highest BCUT2D eigenvalue weighted by molar-refractivity contribution is 7.80. The first kappa shape index (κ1) is 23.6. The number of hydrogen-bond acceptors (Lipinski definition) is 5. The van der Waals surface area contributed by atoms with Crippen LogP contribution in [0.4, 0.5) is 11.4 Å². The molecule has 3 aromatic carbocycles. The quantitative estimate of drug-likeness (QED) is 0.421. The maximum atomic E-state index is 12.9. The summed E-state index contributed by atoms with van der Waals surface area (Å²) in [7, 11) is 1.29. The third-order valence-electron chi connectivity index (χ3n) is 4.81. The number of benzene rings is 3. The minimum absolute atomic E-state index is 0.107. The van der Waals surface area contributed by atoms with Gasteiger partial charge in [0.15, 0.2) is 5.11 Å². The van der Waals surface area contributed by atoms with E-state index in [0.717, 1.165) is 5.69 Å². The highest BCUT2D eigenvalue weighted by Gasteiger charge is 2.16. The van der Waals surface area contributed by atoms with Crippen molar-refractivity contribution in [2.45, 2.75) is 6.92 Å². The number of rotatable bonds is 6. The first-order valence-corrected chi connectivity index (χ1v) is 10.6. The molecule has 33 heavy (non-hydrogen) atoms. The predicted octanol–water partition coefficient (Wildman–Crippen LogP) is 4.27. The summed E-state index contributed by atoms with van der Waals surface area (Å²) in [6.45, 7) is 2.46. The summed E-state index contributed by atoms with van der Waals surface area (Å²) in [6.07, 6.45) is 0. The number of ether oxygens (including phenoxy) is 1. The zero-order valence-electron chi connectivity index (χ0n) is 18.2. The lowest BCUT2D eigenvalue weighted by atomic mass is 10.1. The van der Waals surface area contributed by atoms with Crippen molar-refractivity contribution in [3.8, 4) is 0 Å². The molecule has 0 aliphatic carbocycles. The second-order valence-electron chi connectivity index (χ2n) is 6.94. The van der Waals surface area contributed by atoms with Crippen LogP contribution >= 0.6 is 12.2 Å². The van der Waals surface area contributed by atoms with E-state index in [9.17, 15) is 14.4 Å². The Labute approximate surface area is 197 Å². The second-order valence-corrected chi connectivity index (χ2v) is 7.35. The number of nitrogens with one attached hydrogen (secondary N) is 2. The number of hydrogen-bond donors (Lipinski definition) is 2. The van der Waals surface area contributed by atoms with E-state index in [1.54, 1.807) is 29.2 Å². The molecule has 7 nitrogen and oxygen atoms in total. The number of carbonyl (C=O) groups is 3. The lowest BCUT2D eigenvalue weighted by Crippen LogP contribution is -2.34. The first-order valence-electron chi connectivity index (χ1n) is 10.2. The van der Waals surface area contributed by atoms with Gasteiger partial charge >= 0.3 is 5.97 Å². The van der Waals surface area contributed by atoms with Gasteiger partial charge in [-0.15, -0.1) is 0 Å². The monoisotopic (exact) mass is 461 g/mol. The molecule has 3 aromatic rings. The fraction of sp³-hybridized carbons (Fsp3) is 0.120. The van der Waals surface area contributed by atoms with Gasteiger partial charge in [-0.1, -0.05) is 18.2 Å². The van der Waals surface area contributed by atoms with Crippen LogP contribution in [0.3, 0.4) is 0 Å².